The summed E-state index contributed by atoms with van der Waals surface area (Å²) in [7, 11) is 0. The van der Waals surface area contributed by atoms with Gasteiger partial charge in [0.1, 0.15) is 12.0 Å². The molecule has 0 radical (unpaired) electrons. The van der Waals surface area contributed by atoms with Gasteiger partial charge in [0.15, 0.2) is 0 Å². The SMILES string of the molecule is Oc1ccccc1NC(O)CCC1CC2C=CC1C2. The zero-order chi connectivity index (χ0) is 13.2. The number of anilines is 1. The van der Waals surface area contributed by atoms with Crippen LogP contribution in [0.15, 0.2) is 36.4 Å². The second-order valence-electron chi connectivity index (χ2n) is 5.79. The maximum atomic E-state index is 10.0. The Morgan fingerprint density at radius 2 is 2.05 bits per heavy atom. The van der Waals surface area contributed by atoms with Crippen LogP contribution in [0.25, 0.3) is 0 Å². The number of para-hydroxylation sites is 2. The van der Waals surface area contributed by atoms with E-state index in [9.17, 15) is 10.2 Å². The number of aliphatic hydroxyl groups is 1. The standard InChI is InChI=1S/C16H21NO2/c18-15-4-2-1-3-14(15)17-16(19)8-7-13-10-11-5-6-12(13)9-11/h1-6,11-13,16-19H,7-10H2. The molecular weight excluding hydrogens is 238 g/mol. The summed E-state index contributed by atoms with van der Waals surface area (Å²) in [4.78, 5) is 0. The summed E-state index contributed by atoms with van der Waals surface area (Å²) in [5, 5.41) is 22.6. The lowest BCUT2D eigenvalue weighted by molar-refractivity contribution is 0.177. The highest BCUT2D eigenvalue weighted by atomic mass is 16.3. The maximum Gasteiger partial charge on any atom is 0.138 e. The number of allylic oxidation sites excluding steroid dienone is 2. The minimum absolute atomic E-state index is 0.185. The molecule has 0 saturated heterocycles. The van der Waals surface area contributed by atoms with Crippen molar-refractivity contribution in [3.8, 4) is 5.75 Å². The minimum atomic E-state index is -0.587. The third-order valence-corrected chi connectivity index (χ3v) is 4.45. The van der Waals surface area contributed by atoms with Gasteiger partial charge in [-0.05, 0) is 55.6 Å². The molecule has 102 valence electrons. The van der Waals surface area contributed by atoms with Crippen molar-refractivity contribution in [2.75, 3.05) is 5.32 Å². The molecule has 1 aromatic rings. The number of aromatic hydroxyl groups is 1. The van der Waals surface area contributed by atoms with Crippen LogP contribution < -0.4 is 5.32 Å². The Bertz CT molecular complexity index is 472. The van der Waals surface area contributed by atoms with Gasteiger partial charge in [0.25, 0.3) is 0 Å². The molecule has 0 spiro atoms. The van der Waals surface area contributed by atoms with Gasteiger partial charge < -0.3 is 15.5 Å². The van der Waals surface area contributed by atoms with Crippen molar-refractivity contribution in [3.05, 3.63) is 36.4 Å². The third-order valence-electron chi connectivity index (χ3n) is 4.45. The van der Waals surface area contributed by atoms with Crippen LogP contribution in [0.3, 0.4) is 0 Å². The van der Waals surface area contributed by atoms with Crippen molar-refractivity contribution in [3.63, 3.8) is 0 Å². The molecule has 0 aliphatic heterocycles. The van der Waals surface area contributed by atoms with E-state index in [1.807, 2.05) is 6.07 Å². The average molecular weight is 259 g/mol. The van der Waals surface area contributed by atoms with Crippen LogP contribution in [0.1, 0.15) is 25.7 Å². The first-order valence-corrected chi connectivity index (χ1v) is 7.13. The van der Waals surface area contributed by atoms with E-state index in [4.69, 9.17) is 0 Å². The van der Waals surface area contributed by atoms with Crippen LogP contribution in [-0.4, -0.2) is 16.4 Å². The number of benzene rings is 1. The lowest BCUT2D eigenvalue weighted by Crippen LogP contribution is -2.20. The van der Waals surface area contributed by atoms with Crippen LogP contribution in [0.2, 0.25) is 0 Å². The van der Waals surface area contributed by atoms with E-state index in [0.29, 0.717) is 5.69 Å². The Labute approximate surface area is 114 Å². The van der Waals surface area contributed by atoms with Crippen LogP contribution in [0, 0.1) is 17.8 Å². The third kappa shape index (κ3) is 2.76. The highest BCUT2D eigenvalue weighted by molar-refractivity contribution is 5.55. The molecule has 19 heavy (non-hydrogen) atoms. The Balaban J connectivity index is 1.48. The molecule has 1 aromatic carbocycles. The van der Waals surface area contributed by atoms with Gasteiger partial charge in [-0.15, -0.1) is 0 Å². The molecule has 3 N–H and O–H groups in total. The van der Waals surface area contributed by atoms with Crippen LogP contribution in [0.4, 0.5) is 5.69 Å². The Kier molecular flexibility index (Phi) is 3.47. The molecule has 1 saturated carbocycles. The molecule has 2 aliphatic carbocycles. The predicted octanol–water partition coefficient (Wildman–Crippen LogP) is 3.11. The van der Waals surface area contributed by atoms with Gasteiger partial charge in [0.2, 0.25) is 0 Å². The average Bonchev–Trinajstić information content (AvgIpc) is 3.01. The molecule has 4 unspecified atom stereocenters. The first-order chi connectivity index (χ1) is 9.22. The molecule has 2 bridgehead atoms. The summed E-state index contributed by atoms with van der Waals surface area (Å²) in [6.07, 6.45) is 8.48. The van der Waals surface area contributed by atoms with Gasteiger partial charge >= 0.3 is 0 Å². The molecule has 0 aromatic heterocycles. The van der Waals surface area contributed by atoms with E-state index in [1.54, 1.807) is 18.2 Å². The smallest absolute Gasteiger partial charge is 0.138 e. The largest absolute Gasteiger partial charge is 0.506 e. The second kappa shape index (κ2) is 5.25. The lowest BCUT2D eigenvalue weighted by Gasteiger charge is -2.21. The van der Waals surface area contributed by atoms with E-state index in [2.05, 4.69) is 17.5 Å². The number of rotatable bonds is 5. The van der Waals surface area contributed by atoms with E-state index in [-0.39, 0.29) is 5.75 Å². The maximum absolute atomic E-state index is 10.0. The van der Waals surface area contributed by atoms with E-state index < -0.39 is 6.23 Å². The molecule has 2 aliphatic rings. The molecule has 3 heteroatoms. The second-order valence-corrected chi connectivity index (χ2v) is 5.79. The first kappa shape index (κ1) is 12.5. The zero-order valence-electron chi connectivity index (χ0n) is 11.0. The van der Waals surface area contributed by atoms with Crippen molar-refractivity contribution < 1.29 is 10.2 Å². The molecular formula is C16H21NO2. The van der Waals surface area contributed by atoms with E-state index in [1.165, 1.54) is 12.8 Å². The van der Waals surface area contributed by atoms with Crippen molar-refractivity contribution in [2.24, 2.45) is 17.8 Å². The van der Waals surface area contributed by atoms with E-state index in [0.717, 1.165) is 30.6 Å². The van der Waals surface area contributed by atoms with Gasteiger partial charge in [-0.3, -0.25) is 0 Å². The summed E-state index contributed by atoms with van der Waals surface area (Å²) in [5.74, 6) is 2.45. The van der Waals surface area contributed by atoms with Crippen molar-refractivity contribution in [1.82, 2.24) is 0 Å². The summed E-state index contributed by atoms with van der Waals surface area (Å²) < 4.78 is 0. The number of nitrogens with one attached hydrogen (secondary N) is 1. The summed E-state index contributed by atoms with van der Waals surface area (Å²) in [5.41, 5.74) is 0.600. The molecule has 4 atom stereocenters. The summed E-state index contributed by atoms with van der Waals surface area (Å²) in [6, 6.07) is 7.01. The zero-order valence-corrected chi connectivity index (χ0v) is 11.0. The fourth-order valence-electron chi connectivity index (χ4n) is 3.45. The van der Waals surface area contributed by atoms with Crippen LogP contribution in [0.5, 0.6) is 5.75 Å². The normalized spacial score (nSPS) is 29.6. The van der Waals surface area contributed by atoms with Crippen molar-refractivity contribution >= 4 is 5.69 Å². The lowest BCUT2D eigenvalue weighted by atomic mass is 9.89. The van der Waals surface area contributed by atoms with Gasteiger partial charge in [-0.2, -0.15) is 0 Å². The first-order valence-electron chi connectivity index (χ1n) is 7.13. The molecule has 1 fully saturated rings. The van der Waals surface area contributed by atoms with Crippen LogP contribution >= 0.6 is 0 Å². The van der Waals surface area contributed by atoms with E-state index >= 15 is 0 Å². The number of phenols is 1. The van der Waals surface area contributed by atoms with Crippen molar-refractivity contribution in [1.29, 1.82) is 0 Å². The highest BCUT2D eigenvalue weighted by Crippen LogP contribution is 2.45. The Morgan fingerprint density at radius 1 is 1.21 bits per heavy atom. The molecule has 3 nitrogen and oxygen atoms in total. The molecule has 0 amide bonds. The number of hydrogen-bond donors (Lipinski definition) is 3. The molecule has 0 heterocycles. The number of aliphatic hydroxyl groups excluding tert-OH is 1. The Hall–Kier alpha value is -1.48. The fourth-order valence-corrected chi connectivity index (χ4v) is 3.45. The minimum Gasteiger partial charge on any atom is -0.506 e. The van der Waals surface area contributed by atoms with Gasteiger partial charge in [-0.1, -0.05) is 24.3 Å². The fraction of sp³-hybridized carbons (Fsp3) is 0.500. The summed E-state index contributed by atoms with van der Waals surface area (Å²) >= 11 is 0. The highest BCUT2D eigenvalue weighted by Gasteiger charge is 2.35. The Morgan fingerprint density at radius 3 is 2.74 bits per heavy atom. The molecule has 3 rings (SSSR count). The van der Waals surface area contributed by atoms with Crippen molar-refractivity contribution in [2.45, 2.75) is 31.9 Å². The van der Waals surface area contributed by atoms with Crippen LogP contribution in [-0.2, 0) is 0 Å². The quantitative estimate of drug-likeness (QED) is 0.432. The van der Waals surface area contributed by atoms with Gasteiger partial charge in [0.05, 0.1) is 5.69 Å². The number of phenolic OH excluding ortho intramolecular Hbond substituents is 1. The monoisotopic (exact) mass is 259 g/mol. The predicted molar refractivity (Wildman–Crippen MR) is 75.8 cm³/mol. The topological polar surface area (TPSA) is 52.5 Å². The van der Waals surface area contributed by atoms with Gasteiger partial charge in [0, 0.05) is 0 Å². The van der Waals surface area contributed by atoms with Gasteiger partial charge in [-0.25, -0.2) is 0 Å². The summed E-state index contributed by atoms with van der Waals surface area (Å²) in [6.45, 7) is 0. The number of hydrogen-bond acceptors (Lipinski definition) is 3. The number of fused-ring (bicyclic) bond motifs is 2.